The lowest BCUT2D eigenvalue weighted by Gasteiger charge is -2.26. The molecule has 0 fully saturated rings. The minimum atomic E-state index is -0.0606. The van der Waals surface area contributed by atoms with Crippen LogP contribution in [0, 0.1) is 0 Å². The van der Waals surface area contributed by atoms with Gasteiger partial charge in [0.05, 0.1) is 12.2 Å². The van der Waals surface area contributed by atoms with Gasteiger partial charge in [-0.3, -0.25) is 0 Å². The molecule has 1 unspecified atom stereocenters. The van der Waals surface area contributed by atoms with E-state index in [1.165, 1.54) is 11.1 Å². The summed E-state index contributed by atoms with van der Waals surface area (Å²) in [6.07, 6.45) is 3.13. The summed E-state index contributed by atoms with van der Waals surface area (Å²) in [7, 11) is 3.80. The zero-order chi connectivity index (χ0) is 13.9. The third kappa shape index (κ3) is 3.48. The Morgan fingerprint density at radius 1 is 1.42 bits per heavy atom. The smallest absolute Gasteiger partial charge is 0.122 e. The molecule has 2 rings (SSSR count). The number of ether oxygens (including phenoxy) is 2. The second-order valence-electron chi connectivity index (χ2n) is 5.81. The molecule has 1 heterocycles. The first-order chi connectivity index (χ1) is 9.05. The Hall–Kier alpha value is -1.06. The highest BCUT2D eigenvalue weighted by molar-refractivity contribution is 5.40. The molecule has 0 aromatic heterocycles. The average Bonchev–Trinajstić information content (AvgIpc) is 2.87. The van der Waals surface area contributed by atoms with E-state index in [1.54, 1.807) is 7.11 Å². The van der Waals surface area contributed by atoms with Crippen molar-refractivity contribution in [2.45, 2.75) is 44.8 Å². The molecule has 1 N–H and O–H groups in total. The van der Waals surface area contributed by atoms with Crippen LogP contribution in [0.25, 0.3) is 0 Å². The maximum atomic E-state index is 5.56. The van der Waals surface area contributed by atoms with E-state index in [4.69, 9.17) is 9.47 Å². The van der Waals surface area contributed by atoms with Crippen LogP contribution < -0.4 is 10.1 Å². The van der Waals surface area contributed by atoms with Crippen LogP contribution in [0.15, 0.2) is 18.2 Å². The molecule has 1 aromatic rings. The van der Waals surface area contributed by atoms with Crippen molar-refractivity contribution in [2.24, 2.45) is 0 Å². The van der Waals surface area contributed by atoms with Crippen LogP contribution in [0.4, 0.5) is 0 Å². The first-order valence-corrected chi connectivity index (χ1v) is 7.04. The number of methoxy groups -OCH3 is 1. The van der Waals surface area contributed by atoms with Crippen molar-refractivity contribution in [2.75, 3.05) is 20.8 Å². The van der Waals surface area contributed by atoms with Gasteiger partial charge in [0.1, 0.15) is 5.75 Å². The van der Waals surface area contributed by atoms with Crippen LogP contribution in [-0.2, 0) is 11.2 Å². The van der Waals surface area contributed by atoms with E-state index < -0.39 is 0 Å². The van der Waals surface area contributed by atoms with E-state index in [0.29, 0.717) is 6.04 Å². The molecule has 0 spiro atoms. The third-order valence-corrected chi connectivity index (χ3v) is 4.05. The second-order valence-corrected chi connectivity index (χ2v) is 5.81. The molecule has 106 valence electrons. The topological polar surface area (TPSA) is 30.5 Å². The fourth-order valence-electron chi connectivity index (χ4n) is 2.49. The van der Waals surface area contributed by atoms with Gasteiger partial charge in [0, 0.05) is 19.6 Å². The molecule has 0 aliphatic carbocycles. The molecule has 0 bridgehead atoms. The number of benzene rings is 1. The van der Waals surface area contributed by atoms with Crippen LogP contribution in [0.2, 0.25) is 0 Å². The van der Waals surface area contributed by atoms with Crippen molar-refractivity contribution in [3.8, 4) is 5.75 Å². The van der Waals surface area contributed by atoms with Crippen molar-refractivity contribution in [1.29, 1.82) is 0 Å². The van der Waals surface area contributed by atoms with Gasteiger partial charge in [-0.05, 0) is 50.9 Å². The van der Waals surface area contributed by atoms with Crippen LogP contribution >= 0.6 is 0 Å². The van der Waals surface area contributed by atoms with Gasteiger partial charge >= 0.3 is 0 Å². The average molecular weight is 263 g/mol. The van der Waals surface area contributed by atoms with Crippen molar-refractivity contribution in [3.63, 3.8) is 0 Å². The van der Waals surface area contributed by atoms with E-state index in [2.05, 4.69) is 37.4 Å². The largest absolute Gasteiger partial charge is 0.493 e. The molecular weight excluding hydrogens is 238 g/mol. The molecule has 1 aliphatic rings. The number of rotatable bonds is 6. The lowest BCUT2D eigenvalue weighted by atomic mass is 9.94. The Morgan fingerprint density at radius 2 is 2.21 bits per heavy atom. The molecule has 19 heavy (non-hydrogen) atoms. The number of hydrogen-bond acceptors (Lipinski definition) is 3. The van der Waals surface area contributed by atoms with Crippen LogP contribution in [-0.4, -0.2) is 26.4 Å². The van der Waals surface area contributed by atoms with Crippen LogP contribution in [0.1, 0.15) is 43.9 Å². The zero-order valence-corrected chi connectivity index (χ0v) is 12.5. The lowest BCUT2D eigenvalue weighted by molar-refractivity contribution is 0.0118. The van der Waals surface area contributed by atoms with E-state index in [1.807, 2.05) is 7.05 Å². The molecule has 1 aromatic carbocycles. The maximum Gasteiger partial charge on any atom is 0.122 e. The maximum absolute atomic E-state index is 5.56. The molecule has 0 saturated carbocycles. The van der Waals surface area contributed by atoms with Gasteiger partial charge in [0.15, 0.2) is 0 Å². The Morgan fingerprint density at radius 3 is 2.89 bits per heavy atom. The molecule has 1 aliphatic heterocycles. The monoisotopic (exact) mass is 263 g/mol. The van der Waals surface area contributed by atoms with Gasteiger partial charge < -0.3 is 14.8 Å². The minimum absolute atomic E-state index is 0.0606. The predicted octanol–water partition coefficient (Wildman–Crippen LogP) is 3.09. The Balaban J connectivity index is 2.05. The van der Waals surface area contributed by atoms with Gasteiger partial charge in [-0.1, -0.05) is 12.1 Å². The minimum Gasteiger partial charge on any atom is -0.493 e. The van der Waals surface area contributed by atoms with E-state index in [9.17, 15) is 0 Å². The Bertz CT molecular complexity index is 429. The van der Waals surface area contributed by atoms with Crippen molar-refractivity contribution in [3.05, 3.63) is 29.3 Å². The van der Waals surface area contributed by atoms with E-state index in [0.717, 1.165) is 31.6 Å². The normalized spacial score (nSPS) is 16.0. The summed E-state index contributed by atoms with van der Waals surface area (Å²) in [5.41, 5.74) is 2.62. The highest BCUT2D eigenvalue weighted by atomic mass is 16.5. The van der Waals surface area contributed by atoms with Gasteiger partial charge in [-0.15, -0.1) is 0 Å². The van der Waals surface area contributed by atoms with Gasteiger partial charge in [-0.25, -0.2) is 0 Å². The molecule has 1 atom stereocenters. The number of nitrogens with one attached hydrogen (secondary N) is 1. The summed E-state index contributed by atoms with van der Waals surface area (Å²) in [6.45, 7) is 5.09. The van der Waals surface area contributed by atoms with Gasteiger partial charge in [0.25, 0.3) is 0 Å². The first kappa shape index (κ1) is 14.4. The summed E-state index contributed by atoms with van der Waals surface area (Å²) >= 11 is 0. The molecule has 3 nitrogen and oxygen atoms in total. The number of fused-ring (bicyclic) bond motifs is 1. The second kappa shape index (κ2) is 5.93. The zero-order valence-electron chi connectivity index (χ0n) is 12.5. The van der Waals surface area contributed by atoms with Crippen molar-refractivity contribution in [1.82, 2.24) is 5.32 Å². The lowest BCUT2D eigenvalue weighted by Crippen LogP contribution is -2.26. The summed E-state index contributed by atoms with van der Waals surface area (Å²) < 4.78 is 11.1. The molecule has 3 heteroatoms. The van der Waals surface area contributed by atoms with Crippen LogP contribution in [0.3, 0.4) is 0 Å². The molecule has 0 radical (unpaired) electrons. The highest BCUT2D eigenvalue weighted by Crippen LogP contribution is 2.30. The third-order valence-electron chi connectivity index (χ3n) is 4.05. The van der Waals surface area contributed by atoms with Crippen molar-refractivity contribution >= 4 is 0 Å². The summed E-state index contributed by atoms with van der Waals surface area (Å²) in [5.74, 6) is 1.05. The Kier molecular flexibility index (Phi) is 4.48. The Labute approximate surface area is 116 Å². The van der Waals surface area contributed by atoms with Gasteiger partial charge in [-0.2, -0.15) is 0 Å². The summed E-state index contributed by atoms with van der Waals surface area (Å²) in [6, 6.07) is 6.93. The van der Waals surface area contributed by atoms with E-state index in [-0.39, 0.29) is 5.60 Å². The number of hydrogen-bond donors (Lipinski definition) is 1. The SMILES string of the molecule is CNC(CCC(C)(C)OC)c1ccc2c(c1)CCO2. The highest BCUT2D eigenvalue weighted by Gasteiger charge is 2.21. The quantitative estimate of drug-likeness (QED) is 0.855. The van der Waals surface area contributed by atoms with Crippen molar-refractivity contribution < 1.29 is 9.47 Å². The van der Waals surface area contributed by atoms with E-state index >= 15 is 0 Å². The molecular formula is C16H25NO2. The van der Waals surface area contributed by atoms with Crippen LogP contribution in [0.5, 0.6) is 5.75 Å². The standard InChI is InChI=1S/C16H25NO2/c1-16(2,18-4)9-7-14(17-3)12-5-6-15-13(11-12)8-10-19-15/h5-6,11,14,17H,7-10H2,1-4H3. The molecule has 0 saturated heterocycles. The summed E-state index contributed by atoms with van der Waals surface area (Å²) in [5, 5.41) is 3.41. The first-order valence-electron chi connectivity index (χ1n) is 7.04. The fourth-order valence-corrected chi connectivity index (χ4v) is 2.49. The molecule has 0 amide bonds. The predicted molar refractivity (Wildman–Crippen MR) is 77.8 cm³/mol. The van der Waals surface area contributed by atoms with Gasteiger partial charge in [0.2, 0.25) is 0 Å². The fraction of sp³-hybridized carbons (Fsp3) is 0.625. The summed E-state index contributed by atoms with van der Waals surface area (Å²) in [4.78, 5) is 0.